The van der Waals surface area contributed by atoms with Crippen molar-refractivity contribution in [3.8, 4) is 0 Å². The molecule has 0 aromatic heterocycles. The van der Waals surface area contributed by atoms with Crippen LogP contribution in [0.2, 0.25) is 0 Å². The molecule has 0 radical (unpaired) electrons. The van der Waals surface area contributed by atoms with Gasteiger partial charge >= 0.3 is 35.8 Å². The van der Waals surface area contributed by atoms with E-state index >= 15 is 0 Å². The number of carbonyl (C=O) groups excluding carboxylic acids is 1. The Balaban J connectivity index is 5.55. The van der Waals surface area contributed by atoms with Crippen molar-refractivity contribution in [3.63, 3.8) is 0 Å². The van der Waals surface area contributed by atoms with Crippen LogP contribution in [0.4, 0.5) is 57.1 Å². The Morgan fingerprint density at radius 2 is 1.19 bits per heavy atom. The topological polar surface area (TPSA) is 49.3 Å². The summed E-state index contributed by atoms with van der Waals surface area (Å²) in [6.45, 7) is 0.747. The van der Waals surface area contributed by atoms with Crippen LogP contribution in [0.5, 0.6) is 0 Å². The third kappa shape index (κ3) is 5.48. The standard InChI is InChI=1S/C15H18F13NO2/c1-2-3-4-5-8(30)6-7-29-9(31)10(16,17)11(18,19)12(20,21)13(22,23)14(24,25)15(26,27)28/h8,30H,2-7H2,1H3,(H,29,31). The van der Waals surface area contributed by atoms with Gasteiger partial charge in [-0.3, -0.25) is 4.79 Å². The van der Waals surface area contributed by atoms with Crippen LogP contribution in [0.15, 0.2) is 0 Å². The minimum Gasteiger partial charge on any atom is -0.393 e. The first-order valence-corrected chi connectivity index (χ1v) is 8.55. The summed E-state index contributed by atoms with van der Waals surface area (Å²) in [6, 6.07) is 0. The maximum absolute atomic E-state index is 13.5. The van der Waals surface area contributed by atoms with Crippen molar-refractivity contribution in [2.24, 2.45) is 0 Å². The molecule has 0 aliphatic carbocycles. The zero-order valence-electron chi connectivity index (χ0n) is 15.6. The number of aliphatic hydroxyl groups excluding tert-OH is 1. The Kier molecular flexibility index (Phi) is 9.11. The number of hydrogen-bond donors (Lipinski definition) is 2. The van der Waals surface area contributed by atoms with Crippen LogP contribution in [0.25, 0.3) is 0 Å². The van der Waals surface area contributed by atoms with Crippen molar-refractivity contribution < 1.29 is 67.0 Å². The minimum atomic E-state index is -8.05. The van der Waals surface area contributed by atoms with E-state index < -0.39 is 60.8 Å². The fourth-order valence-electron chi connectivity index (χ4n) is 2.15. The molecule has 0 aromatic carbocycles. The molecule has 2 N–H and O–H groups in total. The molecule has 0 aliphatic rings. The molecule has 1 amide bonds. The zero-order chi connectivity index (χ0) is 25.1. The van der Waals surface area contributed by atoms with Crippen LogP contribution < -0.4 is 5.32 Å². The third-order valence-corrected chi connectivity index (χ3v) is 4.12. The van der Waals surface area contributed by atoms with Gasteiger partial charge in [-0.25, -0.2) is 0 Å². The summed E-state index contributed by atoms with van der Waals surface area (Å²) in [7, 11) is 0. The second-order valence-corrected chi connectivity index (χ2v) is 6.56. The summed E-state index contributed by atoms with van der Waals surface area (Å²) in [6.07, 6.45) is -7.45. The van der Waals surface area contributed by atoms with E-state index in [9.17, 15) is 67.0 Å². The van der Waals surface area contributed by atoms with Gasteiger partial charge in [0, 0.05) is 6.54 Å². The van der Waals surface area contributed by atoms with E-state index in [2.05, 4.69) is 0 Å². The van der Waals surface area contributed by atoms with Crippen LogP contribution >= 0.6 is 0 Å². The van der Waals surface area contributed by atoms with Crippen molar-refractivity contribution in [2.45, 2.75) is 80.9 Å². The van der Waals surface area contributed by atoms with Gasteiger partial charge in [-0.05, 0) is 12.8 Å². The predicted molar refractivity (Wildman–Crippen MR) is 78.6 cm³/mol. The Bertz CT molecular complexity index is 604. The van der Waals surface area contributed by atoms with Crippen LogP contribution in [-0.4, -0.2) is 59.5 Å². The molecule has 0 spiro atoms. The number of hydrogen-bond acceptors (Lipinski definition) is 2. The van der Waals surface area contributed by atoms with Crippen LogP contribution in [-0.2, 0) is 4.79 Å². The van der Waals surface area contributed by atoms with Gasteiger partial charge in [-0.2, -0.15) is 57.1 Å². The highest BCUT2D eigenvalue weighted by atomic mass is 19.4. The first kappa shape index (κ1) is 29.5. The van der Waals surface area contributed by atoms with Crippen LogP contribution in [0.3, 0.4) is 0 Å². The number of amides is 1. The summed E-state index contributed by atoms with van der Waals surface area (Å²) >= 11 is 0. The minimum absolute atomic E-state index is 0.0765. The lowest BCUT2D eigenvalue weighted by Gasteiger charge is -2.39. The highest BCUT2D eigenvalue weighted by Gasteiger charge is 2.91. The first-order valence-electron chi connectivity index (χ1n) is 8.55. The lowest BCUT2D eigenvalue weighted by molar-refractivity contribution is -0.436. The molecular weight excluding hydrogens is 473 g/mol. The van der Waals surface area contributed by atoms with Gasteiger partial charge < -0.3 is 10.4 Å². The van der Waals surface area contributed by atoms with Crippen molar-refractivity contribution in [1.29, 1.82) is 0 Å². The molecule has 1 atom stereocenters. The lowest BCUT2D eigenvalue weighted by atomic mass is 9.93. The maximum Gasteiger partial charge on any atom is 0.460 e. The van der Waals surface area contributed by atoms with Crippen LogP contribution in [0.1, 0.15) is 39.0 Å². The molecule has 0 aliphatic heterocycles. The van der Waals surface area contributed by atoms with E-state index in [-0.39, 0.29) is 6.42 Å². The maximum atomic E-state index is 13.5. The third-order valence-electron chi connectivity index (χ3n) is 4.12. The number of halogens is 13. The van der Waals surface area contributed by atoms with E-state index in [1.165, 1.54) is 0 Å². The molecule has 3 nitrogen and oxygen atoms in total. The van der Waals surface area contributed by atoms with E-state index in [1.54, 1.807) is 6.92 Å². The summed E-state index contributed by atoms with van der Waals surface area (Å²) in [5.41, 5.74) is 0. The van der Waals surface area contributed by atoms with Crippen LogP contribution in [0, 0.1) is 0 Å². The molecule has 1 unspecified atom stereocenters. The van der Waals surface area contributed by atoms with Gasteiger partial charge in [0.1, 0.15) is 0 Å². The summed E-state index contributed by atoms with van der Waals surface area (Å²) in [5, 5.41) is 10.4. The van der Waals surface area contributed by atoms with Crippen molar-refractivity contribution in [1.82, 2.24) is 5.32 Å². The molecule has 0 bridgehead atoms. The second kappa shape index (κ2) is 9.57. The Morgan fingerprint density at radius 1 is 0.742 bits per heavy atom. The molecule has 0 saturated carbocycles. The number of nitrogens with one attached hydrogen (secondary N) is 1. The van der Waals surface area contributed by atoms with Crippen molar-refractivity contribution in [2.75, 3.05) is 6.54 Å². The largest absolute Gasteiger partial charge is 0.460 e. The fourth-order valence-corrected chi connectivity index (χ4v) is 2.15. The van der Waals surface area contributed by atoms with E-state index in [0.29, 0.717) is 12.8 Å². The molecular formula is C15H18F13NO2. The molecule has 0 saturated heterocycles. The molecule has 0 heterocycles. The fraction of sp³-hybridized carbons (Fsp3) is 0.933. The summed E-state index contributed by atoms with van der Waals surface area (Å²) in [5.74, 6) is -41.7. The number of aliphatic hydroxyl groups is 1. The van der Waals surface area contributed by atoms with Gasteiger partial charge in [0.2, 0.25) is 0 Å². The first-order chi connectivity index (χ1) is 13.6. The normalized spacial score (nSPS) is 15.7. The van der Waals surface area contributed by atoms with Gasteiger partial charge in [0.25, 0.3) is 5.91 Å². The number of rotatable bonds is 12. The zero-order valence-corrected chi connectivity index (χ0v) is 15.6. The number of carbonyl (C=O) groups is 1. The van der Waals surface area contributed by atoms with Gasteiger partial charge in [0.05, 0.1) is 6.10 Å². The molecule has 0 rings (SSSR count). The molecule has 0 aromatic rings. The monoisotopic (exact) mass is 491 g/mol. The molecule has 31 heavy (non-hydrogen) atoms. The Hall–Kier alpha value is -1.48. The SMILES string of the molecule is CCCCCC(O)CCNC(=O)C(F)(F)C(F)(F)C(F)(F)C(F)(F)C(F)(F)C(F)(F)F. The molecule has 186 valence electrons. The van der Waals surface area contributed by atoms with E-state index in [4.69, 9.17) is 0 Å². The quantitative estimate of drug-likeness (QED) is 0.292. The predicted octanol–water partition coefficient (Wildman–Crippen LogP) is 5.17. The summed E-state index contributed by atoms with van der Waals surface area (Å²) in [4.78, 5) is 11.2. The average Bonchev–Trinajstić information content (AvgIpc) is 2.60. The Labute approximate surface area is 167 Å². The average molecular weight is 491 g/mol. The number of alkyl halides is 13. The highest BCUT2D eigenvalue weighted by molar-refractivity contribution is 5.84. The van der Waals surface area contributed by atoms with Gasteiger partial charge in [-0.15, -0.1) is 0 Å². The van der Waals surface area contributed by atoms with E-state index in [1.807, 2.05) is 0 Å². The second-order valence-electron chi connectivity index (χ2n) is 6.56. The molecule has 0 fully saturated rings. The molecule has 16 heteroatoms. The highest BCUT2D eigenvalue weighted by Crippen LogP contribution is 2.60. The summed E-state index contributed by atoms with van der Waals surface area (Å²) < 4.78 is 168. The lowest BCUT2D eigenvalue weighted by Crippen LogP contribution is -2.72. The van der Waals surface area contributed by atoms with Crippen molar-refractivity contribution in [3.05, 3.63) is 0 Å². The number of unbranched alkanes of at least 4 members (excludes halogenated alkanes) is 2. The smallest absolute Gasteiger partial charge is 0.393 e. The van der Waals surface area contributed by atoms with Gasteiger partial charge in [-0.1, -0.05) is 26.2 Å². The van der Waals surface area contributed by atoms with Gasteiger partial charge in [0.15, 0.2) is 0 Å². The Morgan fingerprint density at radius 3 is 1.61 bits per heavy atom. The van der Waals surface area contributed by atoms with E-state index in [0.717, 1.165) is 11.7 Å². The van der Waals surface area contributed by atoms with Crippen molar-refractivity contribution >= 4 is 5.91 Å².